The molecule has 0 amide bonds. The molecule has 2 N–H and O–H groups in total. The highest BCUT2D eigenvalue weighted by Crippen LogP contribution is 2.39. The van der Waals surface area contributed by atoms with Gasteiger partial charge in [0.25, 0.3) is 0 Å². The average molecular weight is 233 g/mol. The topological polar surface area (TPSA) is 52.3 Å². The molecule has 2 rings (SSSR count). The normalized spacial score (nSPS) is 16.5. The molecule has 1 unspecified atom stereocenters. The fraction of sp³-hybridized carbons (Fsp3) is 0.500. The largest absolute Gasteiger partial charge is 0.466 e. The van der Waals surface area contributed by atoms with Crippen LogP contribution in [0.15, 0.2) is 24.3 Å². The van der Waals surface area contributed by atoms with Crippen molar-refractivity contribution < 1.29 is 9.53 Å². The van der Waals surface area contributed by atoms with Gasteiger partial charge in [0.2, 0.25) is 0 Å². The first-order chi connectivity index (χ1) is 8.20. The second-order valence-corrected chi connectivity index (χ2v) is 4.65. The van der Waals surface area contributed by atoms with Crippen molar-refractivity contribution in [3.63, 3.8) is 0 Å². The van der Waals surface area contributed by atoms with Gasteiger partial charge in [0, 0.05) is 5.69 Å². The van der Waals surface area contributed by atoms with Crippen LogP contribution in [-0.4, -0.2) is 12.6 Å². The Morgan fingerprint density at radius 3 is 2.59 bits per heavy atom. The molecule has 3 heteroatoms. The lowest BCUT2D eigenvalue weighted by atomic mass is 9.93. The van der Waals surface area contributed by atoms with Crippen LogP contribution >= 0.6 is 0 Å². The van der Waals surface area contributed by atoms with Gasteiger partial charge < -0.3 is 10.5 Å². The number of carbonyl (C=O) groups is 1. The molecular weight excluding hydrogens is 214 g/mol. The average Bonchev–Trinajstić information content (AvgIpc) is 3.11. The summed E-state index contributed by atoms with van der Waals surface area (Å²) in [6.45, 7) is 2.28. The van der Waals surface area contributed by atoms with E-state index in [4.69, 9.17) is 10.5 Å². The summed E-state index contributed by atoms with van der Waals surface area (Å²) < 4.78 is 5.15. The van der Waals surface area contributed by atoms with Crippen molar-refractivity contribution in [2.45, 2.75) is 32.1 Å². The van der Waals surface area contributed by atoms with Gasteiger partial charge in [-0.1, -0.05) is 25.0 Å². The number of nitrogen functional groups attached to an aromatic ring is 1. The molecule has 92 valence electrons. The van der Waals surface area contributed by atoms with Crippen LogP contribution in [0.25, 0.3) is 0 Å². The van der Waals surface area contributed by atoms with Crippen LogP contribution in [0, 0.1) is 5.92 Å². The van der Waals surface area contributed by atoms with Gasteiger partial charge >= 0.3 is 5.97 Å². The van der Waals surface area contributed by atoms with Crippen LogP contribution in [0.3, 0.4) is 0 Å². The van der Waals surface area contributed by atoms with Gasteiger partial charge in [0.15, 0.2) is 0 Å². The maximum absolute atomic E-state index is 11.9. The molecule has 3 nitrogen and oxygen atoms in total. The highest BCUT2D eigenvalue weighted by Gasteiger charge is 2.31. The van der Waals surface area contributed by atoms with E-state index in [0.717, 1.165) is 17.7 Å². The fourth-order valence-corrected chi connectivity index (χ4v) is 2.03. The minimum absolute atomic E-state index is 0.107. The second kappa shape index (κ2) is 5.21. The molecule has 1 saturated carbocycles. The van der Waals surface area contributed by atoms with Gasteiger partial charge in [0.1, 0.15) is 0 Å². The molecule has 1 aliphatic carbocycles. The lowest BCUT2D eigenvalue weighted by Crippen LogP contribution is -2.16. The monoisotopic (exact) mass is 233 g/mol. The van der Waals surface area contributed by atoms with Crippen molar-refractivity contribution in [3.8, 4) is 0 Å². The number of hydrogen-bond donors (Lipinski definition) is 1. The lowest BCUT2D eigenvalue weighted by Gasteiger charge is -2.15. The SMILES string of the molecule is CCOC(=O)C(CC1CC1)c1ccc(N)cc1. The van der Waals surface area contributed by atoms with Crippen LogP contribution < -0.4 is 5.73 Å². The number of anilines is 1. The van der Waals surface area contributed by atoms with Crippen LogP contribution in [0.1, 0.15) is 37.7 Å². The third-order valence-corrected chi connectivity index (χ3v) is 3.18. The zero-order valence-corrected chi connectivity index (χ0v) is 10.2. The van der Waals surface area contributed by atoms with E-state index in [-0.39, 0.29) is 11.9 Å². The van der Waals surface area contributed by atoms with E-state index in [1.165, 1.54) is 12.8 Å². The predicted molar refractivity (Wildman–Crippen MR) is 67.6 cm³/mol. The Balaban J connectivity index is 2.12. The highest BCUT2D eigenvalue weighted by atomic mass is 16.5. The van der Waals surface area contributed by atoms with E-state index in [1.54, 1.807) is 0 Å². The number of esters is 1. The Hall–Kier alpha value is -1.51. The molecule has 0 spiro atoms. The summed E-state index contributed by atoms with van der Waals surface area (Å²) in [4.78, 5) is 11.9. The third kappa shape index (κ3) is 3.22. The molecule has 1 aromatic rings. The maximum Gasteiger partial charge on any atom is 0.313 e. The summed E-state index contributed by atoms with van der Waals surface area (Å²) in [5.74, 6) is 0.467. The number of benzene rings is 1. The standard InChI is InChI=1S/C14H19NO2/c1-2-17-14(16)13(9-10-3-4-10)11-5-7-12(15)8-6-11/h5-8,10,13H,2-4,9,15H2,1H3. The first-order valence-corrected chi connectivity index (χ1v) is 6.22. The van der Waals surface area contributed by atoms with Crippen molar-refractivity contribution in [2.75, 3.05) is 12.3 Å². The van der Waals surface area contributed by atoms with Crippen molar-refractivity contribution in [1.82, 2.24) is 0 Å². The summed E-state index contributed by atoms with van der Waals surface area (Å²) in [6.07, 6.45) is 3.39. The second-order valence-electron chi connectivity index (χ2n) is 4.65. The smallest absolute Gasteiger partial charge is 0.313 e. The van der Waals surface area contributed by atoms with E-state index in [1.807, 2.05) is 31.2 Å². The van der Waals surface area contributed by atoms with E-state index >= 15 is 0 Å². The highest BCUT2D eigenvalue weighted by molar-refractivity contribution is 5.78. The molecule has 0 heterocycles. The maximum atomic E-state index is 11.9. The molecule has 1 aromatic carbocycles. The molecule has 0 aromatic heterocycles. The third-order valence-electron chi connectivity index (χ3n) is 3.18. The first-order valence-electron chi connectivity index (χ1n) is 6.22. The van der Waals surface area contributed by atoms with E-state index in [0.29, 0.717) is 12.5 Å². The zero-order valence-electron chi connectivity index (χ0n) is 10.2. The van der Waals surface area contributed by atoms with Crippen LogP contribution in [-0.2, 0) is 9.53 Å². The molecule has 17 heavy (non-hydrogen) atoms. The minimum atomic E-state index is -0.122. The fourth-order valence-electron chi connectivity index (χ4n) is 2.03. The van der Waals surface area contributed by atoms with Crippen molar-refractivity contribution >= 4 is 11.7 Å². The Morgan fingerprint density at radius 1 is 1.41 bits per heavy atom. The summed E-state index contributed by atoms with van der Waals surface area (Å²) in [5, 5.41) is 0. The number of nitrogens with two attached hydrogens (primary N) is 1. The molecule has 0 saturated heterocycles. The van der Waals surface area contributed by atoms with Gasteiger partial charge in [-0.3, -0.25) is 4.79 Å². The van der Waals surface area contributed by atoms with Crippen LogP contribution in [0.5, 0.6) is 0 Å². The molecule has 0 radical (unpaired) electrons. The van der Waals surface area contributed by atoms with Crippen molar-refractivity contribution in [1.29, 1.82) is 0 Å². The molecular formula is C14H19NO2. The van der Waals surface area contributed by atoms with Gasteiger partial charge in [-0.25, -0.2) is 0 Å². The Labute approximate surface area is 102 Å². The van der Waals surface area contributed by atoms with Gasteiger partial charge in [0.05, 0.1) is 12.5 Å². The predicted octanol–water partition coefficient (Wildman–Crippen LogP) is 2.72. The number of rotatable bonds is 5. The van der Waals surface area contributed by atoms with Crippen LogP contribution in [0.4, 0.5) is 5.69 Å². The number of ether oxygens (including phenoxy) is 1. The Bertz CT molecular complexity index is 382. The van der Waals surface area contributed by atoms with Gasteiger partial charge in [-0.15, -0.1) is 0 Å². The van der Waals surface area contributed by atoms with Crippen LogP contribution in [0.2, 0.25) is 0 Å². The minimum Gasteiger partial charge on any atom is -0.466 e. The molecule has 1 aliphatic rings. The lowest BCUT2D eigenvalue weighted by molar-refractivity contribution is -0.145. The first kappa shape index (κ1) is 12.0. The summed E-state index contributed by atoms with van der Waals surface area (Å²) in [6, 6.07) is 7.54. The molecule has 1 fully saturated rings. The number of carbonyl (C=O) groups excluding carboxylic acids is 1. The summed E-state index contributed by atoms with van der Waals surface area (Å²) in [7, 11) is 0. The van der Waals surface area contributed by atoms with Gasteiger partial charge in [-0.2, -0.15) is 0 Å². The zero-order chi connectivity index (χ0) is 12.3. The quantitative estimate of drug-likeness (QED) is 0.628. The number of hydrogen-bond acceptors (Lipinski definition) is 3. The molecule has 1 atom stereocenters. The van der Waals surface area contributed by atoms with E-state index in [2.05, 4.69) is 0 Å². The molecule has 0 bridgehead atoms. The summed E-state index contributed by atoms with van der Waals surface area (Å²) >= 11 is 0. The van der Waals surface area contributed by atoms with Gasteiger partial charge in [-0.05, 0) is 37.0 Å². The molecule has 0 aliphatic heterocycles. The van der Waals surface area contributed by atoms with E-state index < -0.39 is 0 Å². The Morgan fingerprint density at radius 2 is 2.06 bits per heavy atom. The van der Waals surface area contributed by atoms with Crippen molar-refractivity contribution in [2.24, 2.45) is 5.92 Å². The van der Waals surface area contributed by atoms with Crippen molar-refractivity contribution in [3.05, 3.63) is 29.8 Å². The summed E-state index contributed by atoms with van der Waals surface area (Å²) in [5.41, 5.74) is 7.40. The van der Waals surface area contributed by atoms with E-state index in [9.17, 15) is 4.79 Å². The Kier molecular flexibility index (Phi) is 3.67.